The number of rotatable bonds is 2. The van der Waals surface area contributed by atoms with E-state index >= 15 is 0 Å². The van der Waals surface area contributed by atoms with Crippen LogP contribution in [0, 0.1) is 0 Å². The van der Waals surface area contributed by atoms with E-state index in [1.807, 2.05) is 0 Å². The number of hydrogen-bond acceptors (Lipinski definition) is 2. The highest BCUT2D eigenvalue weighted by Crippen LogP contribution is 2.10. The fourth-order valence-corrected chi connectivity index (χ4v) is 0.841. The number of aromatic hydroxyl groups is 1. The summed E-state index contributed by atoms with van der Waals surface area (Å²) in [6, 6.07) is 6.70. The standard InChI is InChI=1S/C10H11NO2/c1-8(12)11-7-6-9-2-4-10(13)5-3-9/h2-7,13H,1H3,(H,11,12)/b7-6+. The van der Waals surface area contributed by atoms with Gasteiger partial charge in [-0.25, -0.2) is 0 Å². The molecule has 0 saturated heterocycles. The molecule has 0 spiro atoms. The Balaban J connectivity index is 2.59. The van der Waals surface area contributed by atoms with Crippen LogP contribution < -0.4 is 5.32 Å². The number of amides is 1. The van der Waals surface area contributed by atoms with Crippen molar-refractivity contribution in [2.45, 2.75) is 6.92 Å². The molecular weight excluding hydrogens is 166 g/mol. The molecule has 0 heterocycles. The van der Waals surface area contributed by atoms with Crippen molar-refractivity contribution in [1.82, 2.24) is 5.32 Å². The minimum absolute atomic E-state index is 0.102. The first kappa shape index (κ1) is 9.32. The van der Waals surface area contributed by atoms with Crippen molar-refractivity contribution in [2.75, 3.05) is 0 Å². The third kappa shape index (κ3) is 3.42. The van der Waals surface area contributed by atoms with Crippen molar-refractivity contribution in [1.29, 1.82) is 0 Å². The van der Waals surface area contributed by atoms with Crippen LogP contribution in [0.5, 0.6) is 5.75 Å². The zero-order valence-electron chi connectivity index (χ0n) is 7.32. The molecule has 2 N–H and O–H groups in total. The summed E-state index contributed by atoms with van der Waals surface area (Å²) in [7, 11) is 0. The summed E-state index contributed by atoms with van der Waals surface area (Å²) in [6.45, 7) is 1.45. The number of carbonyl (C=O) groups is 1. The molecule has 0 fully saturated rings. The lowest BCUT2D eigenvalue weighted by Crippen LogP contribution is -2.10. The highest BCUT2D eigenvalue weighted by atomic mass is 16.3. The van der Waals surface area contributed by atoms with Crippen molar-refractivity contribution in [2.24, 2.45) is 0 Å². The van der Waals surface area contributed by atoms with Gasteiger partial charge >= 0.3 is 0 Å². The number of benzene rings is 1. The molecule has 68 valence electrons. The average molecular weight is 177 g/mol. The molecule has 0 saturated carbocycles. The van der Waals surface area contributed by atoms with Crippen LogP contribution in [0.2, 0.25) is 0 Å². The van der Waals surface area contributed by atoms with Crippen LogP contribution in [0.15, 0.2) is 30.5 Å². The molecule has 0 radical (unpaired) electrons. The first-order valence-corrected chi connectivity index (χ1v) is 3.91. The Bertz CT molecular complexity index is 314. The van der Waals surface area contributed by atoms with Crippen LogP contribution in [0.3, 0.4) is 0 Å². The first-order valence-electron chi connectivity index (χ1n) is 3.91. The Morgan fingerprint density at radius 3 is 2.54 bits per heavy atom. The zero-order valence-corrected chi connectivity index (χ0v) is 7.32. The molecule has 13 heavy (non-hydrogen) atoms. The highest BCUT2D eigenvalue weighted by Gasteiger charge is 1.87. The second-order valence-corrected chi connectivity index (χ2v) is 2.63. The van der Waals surface area contributed by atoms with E-state index in [-0.39, 0.29) is 11.7 Å². The van der Waals surface area contributed by atoms with Crippen molar-refractivity contribution in [3.05, 3.63) is 36.0 Å². The molecule has 1 rings (SSSR count). The normalized spacial score (nSPS) is 10.2. The summed E-state index contributed by atoms with van der Waals surface area (Å²) in [4.78, 5) is 10.5. The van der Waals surface area contributed by atoms with E-state index in [9.17, 15) is 4.79 Å². The molecule has 3 nitrogen and oxygen atoms in total. The fraction of sp³-hybridized carbons (Fsp3) is 0.100. The Labute approximate surface area is 76.7 Å². The lowest BCUT2D eigenvalue weighted by atomic mass is 10.2. The monoisotopic (exact) mass is 177 g/mol. The highest BCUT2D eigenvalue weighted by molar-refractivity contribution is 5.74. The van der Waals surface area contributed by atoms with Crippen molar-refractivity contribution in [3.8, 4) is 5.75 Å². The van der Waals surface area contributed by atoms with Gasteiger partial charge in [-0.05, 0) is 23.8 Å². The lowest BCUT2D eigenvalue weighted by molar-refractivity contribution is -0.118. The van der Waals surface area contributed by atoms with Gasteiger partial charge in [0, 0.05) is 13.1 Å². The fourth-order valence-electron chi connectivity index (χ4n) is 0.841. The van der Waals surface area contributed by atoms with Gasteiger partial charge in [0.25, 0.3) is 0 Å². The van der Waals surface area contributed by atoms with Crippen LogP contribution >= 0.6 is 0 Å². The third-order valence-corrected chi connectivity index (χ3v) is 1.46. The van der Waals surface area contributed by atoms with Gasteiger partial charge in [-0.15, -0.1) is 0 Å². The lowest BCUT2D eigenvalue weighted by Gasteiger charge is -1.94. The minimum Gasteiger partial charge on any atom is -0.508 e. The number of phenols is 1. The van der Waals surface area contributed by atoms with E-state index in [0.717, 1.165) is 5.56 Å². The minimum atomic E-state index is -0.102. The van der Waals surface area contributed by atoms with Gasteiger partial charge in [0.15, 0.2) is 0 Å². The van der Waals surface area contributed by atoms with E-state index in [0.29, 0.717) is 0 Å². The molecule has 3 heteroatoms. The average Bonchev–Trinajstić information content (AvgIpc) is 2.08. The van der Waals surface area contributed by atoms with Gasteiger partial charge < -0.3 is 10.4 Å². The van der Waals surface area contributed by atoms with Gasteiger partial charge in [0.2, 0.25) is 5.91 Å². The van der Waals surface area contributed by atoms with Crippen molar-refractivity contribution in [3.63, 3.8) is 0 Å². The molecule has 1 amide bonds. The van der Waals surface area contributed by atoms with Crippen LogP contribution in [0.4, 0.5) is 0 Å². The van der Waals surface area contributed by atoms with Gasteiger partial charge in [-0.2, -0.15) is 0 Å². The summed E-state index contributed by atoms with van der Waals surface area (Å²) in [5.74, 6) is 0.131. The second kappa shape index (κ2) is 4.30. The smallest absolute Gasteiger partial charge is 0.220 e. The molecule has 1 aromatic rings. The summed E-state index contributed by atoms with van der Waals surface area (Å²) in [6.07, 6.45) is 3.32. The van der Waals surface area contributed by atoms with Crippen LogP contribution in [0.25, 0.3) is 6.08 Å². The van der Waals surface area contributed by atoms with E-state index in [1.165, 1.54) is 6.92 Å². The number of phenolic OH excluding ortho intramolecular Hbond substituents is 1. The maximum absolute atomic E-state index is 10.5. The van der Waals surface area contributed by atoms with Gasteiger partial charge in [0.1, 0.15) is 5.75 Å². The van der Waals surface area contributed by atoms with Crippen LogP contribution in [-0.2, 0) is 4.79 Å². The second-order valence-electron chi connectivity index (χ2n) is 2.63. The Morgan fingerprint density at radius 2 is 2.00 bits per heavy atom. The Hall–Kier alpha value is -1.77. The van der Waals surface area contributed by atoms with E-state index in [1.54, 1.807) is 36.5 Å². The third-order valence-electron chi connectivity index (χ3n) is 1.46. The molecule has 0 aliphatic rings. The van der Waals surface area contributed by atoms with Crippen LogP contribution in [-0.4, -0.2) is 11.0 Å². The molecular formula is C10H11NO2. The Kier molecular flexibility index (Phi) is 3.09. The summed E-state index contributed by atoms with van der Waals surface area (Å²) >= 11 is 0. The summed E-state index contributed by atoms with van der Waals surface area (Å²) in [5.41, 5.74) is 0.923. The molecule has 0 atom stereocenters. The molecule has 0 aliphatic carbocycles. The Morgan fingerprint density at radius 1 is 1.38 bits per heavy atom. The van der Waals surface area contributed by atoms with Crippen LogP contribution in [0.1, 0.15) is 12.5 Å². The summed E-state index contributed by atoms with van der Waals surface area (Å²) < 4.78 is 0. The largest absolute Gasteiger partial charge is 0.508 e. The number of nitrogens with one attached hydrogen (secondary N) is 1. The van der Waals surface area contributed by atoms with Crippen molar-refractivity contribution >= 4 is 12.0 Å². The quantitative estimate of drug-likeness (QED) is 0.719. The molecule has 0 bridgehead atoms. The number of hydrogen-bond donors (Lipinski definition) is 2. The first-order chi connectivity index (χ1) is 6.18. The van der Waals surface area contributed by atoms with E-state index < -0.39 is 0 Å². The van der Waals surface area contributed by atoms with E-state index in [2.05, 4.69) is 5.32 Å². The number of carbonyl (C=O) groups excluding carboxylic acids is 1. The van der Waals surface area contributed by atoms with E-state index in [4.69, 9.17) is 5.11 Å². The van der Waals surface area contributed by atoms with Crippen molar-refractivity contribution < 1.29 is 9.90 Å². The molecule has 0 aliphatic heterocycles. The molecule has 1 aromatic carbocycles. The van der Waals surface area contributed by atoms with Gasteiger partial charge in [0.05, 0.1) is 0 Å². The maximum Gasteiger partial charge on any atom is 0.220 e. The van der Waals surface area contributed by atoms with Gasteiger partial charge in [-0.3, -0.25) is 4.79 Å². The zero-order chi connectivity index (χ0) is 9.68. The maximum atomic E-state index is 10.5. The predicted octanol–water partition coefficient (Wildman–Crippen LogP) is 1.50. The van der Waals surface area contributed by atoms with Gasteiger partial charge in [-0.1, -0.05) is 12.1 Å². The predicted molar refractivity (Wildman–Crippen MR) is 51.0 cm³/mol. The molecule has 0 aromatic heterocycles. The topological polar surface area (TPSA) is 49.3 Å². The summed E-state index contributed by atoms with van der Waals surface area (Å²) in [5, 5.41) is 11.5. The molecule has 0 unspecified atom stereocenters. The SMILES string of the molecule is CC(=O)N/C=C/c1ccc(O)cc1.